The highest BCUT2D eigenvalue weighted by molar-refractivity contribution is 6.33. The first kappa shape index (κ1) is 15.1. The molecule has 1 heterocycles. The topological polar surface area (TPSA) is 44.4 Å². The summed E-state index contributed by atoms with van der Waals surface area (Å²) in [5.74, 6) is 0.573. The fourth-order valence-corrected chi connectivity index (χ4v) is 2.86. The molecule has 1 aliphatic rings. The van der Waals surface area contributed by atoms with E-state index in [0.29, 0.717) is 10.9 Å². The summed E-state index contributed by atoms with van der Waals surface area (Å²) in [5.41, 5.74) is 2.73. The minimum absolute atomic E-state index is 0.0275. The van der Waals surface area contributed by atoms with Gasteiger partial charge in [-0.25, -0.2) is 0 Å². The third-order valence-corrected chi connectivity index (χ3v) is 4.24. The van der Waals surface area contributed by atoms with E-state index in [2.05, 4.69) is 29.4 Å². The van der Waals surface area contributed by atoms with E-state index in [1.807, 2.05) is 19.2 Å². The van der Waals surface area contributed by atoms with Gasteiger partial charge in [-0.15, -0.1) is 0 Å². The summed E-state index contributed by atoms with van der Waals surface area (Å²) in [5, 5.41) is 6.59. The van der Waals surface area contributed by atoms with E-state index in [4.69, 9.17) is 11.6 Å². The molecule has 1 aromatic carbocycles. The van der Waals surface area contributed by atoms with Crippen LogP contribution in [0.1, 0.15) is 31.9 Å². The lowest BCUT2D eigenvalue weighted by Gasteiger charge is -2.24. The van der Waals surface area contributed by atoms with Crippen molar-refractivity contribution in [3.8, 4) is 0 Å². The second-order valence-corrected chi connectivity index (χ2v) is 5.90. The van der Waals surface area contributed by atoms with Crippen LogP contribution < -0.4 is 15.5 Å². The van der Waals surface area contributed by atoms with Gasteiger partial charge < -0.3 is 15.5 Å². The maximum atomic E-state index is 11.8. The second kappa shape index (κ2) is 6.02. The summed E-state index contributed by atoms with van der Waals surface area (Å²) < 4.78 is 0. The smallest absolute Gasteiger partial charge is 0.246 e. The largest absolute Gasteiger partial charge is 0.373 e. The van der Waals surface area contributed by atoms with Crippen molar-refractivity contribution < 1.29 is 4.79 Å². The van der Waals surface area contributed by atoms with Crippen LogP contribution in [-0.4, -0.2) is 26.5 Å². The van der Waals surface area contributed by atoms with E-state index in [0.717, 1.165) is 29.9 Å². The zero-order chi connectivity index (χ0) is 14.9. The molecular formula is C15H22ClN3O. The average molecular weight is 296 g/mol. The first-order valence-electron chi connectivity index (χ1n) is 7.00. The zero-order valence-electron chi connectivity index (χ0n) is 12.5. The van der Waals surface area contributed by atoms with Gasteiger partial charge in [-0.2, -0.15) is 0 Å². The molecule has 5 heteroatoms. The Balaban J connectivity index is 2.30. The first-order chi connectivity index (χ1) is 9.47. The Morgan fingerprint density at radius 2 is 2.20 bits per heavy atom. The Morgan fingerprint density at radius 3 is 2.80 bits per heavy atom. The Hall–Kier alpha value is -1.26. The summed E-state index contributed by atoms with van der Waals surface area (Å²) in [4.78, 5) is 14.0. The molecule has 1 amide bonds. The van der Waals surface area contributed by atoms with Crippen LogP contribution in [-0.2, 0) is 4.79 Å². The summed E-state index contributed by atoms with van der Waals surface area (Å²) >= 11 is 6.39. The van der Waals surface area contributed by atoms with Gasteiger partial charge >= 0.3 is 0 Å². The minimum atomic E-state index is -0.309. The molecule has 1 aromatic rings. The molecule has 0 aromatic heterocycles. The molecule has 2 unspecified atom stereocenters. The maximum Gasteiger partial charge on any atom is 0.246 e. The number of benzene rings is 1. The van der Waals surface area contributed by atoms with E-state index in [1.54, 1.807) is 7.05 Å². The van der Waals surface area contributed by atoms with Gasteiger partial charge in [-0.3, -0.25) is 4.79 Å². The molecule has 20 heavy (non-hydrogen) atoms. The Bertz CT molecular complexity index is 518. The number of carbonyl (C=O) groups excluding carboxylic acids is 1. The number of nitrogens with zero attached hydrogens (tertiary/aromatic N) is 1. The fraction of sp³-hybridized carbons (Fsp3) is 0.533. The normalized spacial score (nSPS) is 18.6. The van der Waals surface area contributed by atoms with Gasteiger partial charge in [0.15, 0.2) is 0 Å². The number of rotatable bonds is 5. The number of hydrogen-bond donors (Lipinski definition) is 2. The van der Waals surface area contributed by atoms with Crippen LogP contribution >= 0.6 is 11.6 Å². The van der Waals surface area contributed by atoms with E-state index in [-0.39, 0.29) is 11.9 Å². The van der Waals surface area contributed by atoms with Gasteiger partial charge in [0.25, 0.3) is 0 Å². The predicted molar refractivity (Wildman–Crippen MR) is 84.6 cm³/mol. The molecule has 0 fully saturated rings. The SMILES string of the molecule is CCC(C)CN(C)c1cc2c(cc1Cl)C(NC)C(=O)N2. The van der Waals surface area contributed by atoms with Crippen LogP contribution in [0.2, 0.25) is 5.02 Å². The third-order valence-electron chi connectivity index (χ3n) is 3.93. The Labute approximate surface area is 125 Å². The second-order valence-electron chi connectivity index (χ2n) is 5.50. The van der Waals surface area contributed by atoms with Crippen molar-refractivity contribution in [3.05, 3.63) is 22.7 Å². The lowest BCUT2D eigenvalue weighted by molar-refractivity contribution is -0.117. The quantitative estimate of drug-likeness (QED) is 0.877. The van der Waals surface area contributed by atoms with Crippen LogP contribution in [0.3, 0.4) is 0 Å². The molecule has 0 saturated heterocycles. The van der Waals surface area contributed by atoms with Gasteiger partial charge in [-0.05, 0) is 25.1 Å². The monoisotopic (exact) mass is 295 g/mol. The zero-order valence-corrected chi connectivity index (χ0v) is 13.2. The fourth-order valence-electron chi connectivity index (χ4n) is 2.54. The van der Waals surface area contributed by atoms with Gasteiger partial charge in [0.05, 0.1) is 10.7 Å². The maximum absolute atomic E-state index is 11.8. The summed E-state index contributed by atoms with van der Waals surface area (Å²) in [6.07, 6.45) is 1.13. The van der Waals surface area contributed by atoms with Crippen molar-refractivity contribution >= 4 is 28.9 Å². The highest BCUT2D eigenvalue weighted by Gasteiger charge is 2.30. The number of fused-ring (bicyclic) bond motifs is 1. The first-order valence-corrected chi connectivity index (χ1v) is 7.38. The van der Waals surface area contributed by atoms with Gasteiger partial charge in [0.2, 0.25) is 5.91 Å². The number of likely N-dealkylation sites (N-methyl/N-ethyl adjacent to an activating group) is 1. The Morgan fingerprint density at radius 1 is 1.50 bits per heavy atom. The molecule has 2 rings (SSSR count). The number of amides is 1. The Kier molecular flexibility index (Phi) is 4.55. The molecule has 0 radical (unpaired) electrons. The number of hydrogen-bond acceptors (Lipinski definition) is 3. The van der Waals surface area contributed by atoms with Crippen molar-refractivity contribution in [3.63, 3.8) is 0 Å². The molecule has 2 atom stereocenters. The molecular weight excluding hydrogens is 274 g/mol. The van der Waals surface area contributed by atoms with Gasteiger partial charge in [-0.1, -0.05) is 31.9 Å². The van der Waals surface area contributed by atoms with Gasteiger partial charge in [0.1, 0.15) is 6.04 Å². The van der Waals surface area contributed by atoms with Crippen molar-refractivity contribution in [2.24, 2.45) is 5.92 Å². The average Bonchev–Trinajstić information content (AvgIpc) is 2.71. The van der Waals surface area contributed by atoms with Gasteiger partial charge in [0, 0.05) is 24.8 Å². The lowest BCUT2D eigenvalue weighted by Crippen LogP contribution is -2.24. The van der Waals surface area contributed by atoms with Crippen LogP contribution in [0.4, 0.5) is 11.4 Å². The summed E-state index contributed by atoms with van der Waals surface area (Å²) in [6, 6.07) is 3.55. The van der Waals surface area contributed by atoms with Crippen molar-refractivity contribution in [2.75, 3.05) is 30.9 Å². The minimum Gasteiger partial charge on any atom is -0.373 e. The summed E-state index contributed by atoms with van der Waals surface area (Å²) in [7, 11) is 3.81. The molecule has 0 bridgehead atoms. The number of anilines is 2. The van der Waals surface area contributed by atoms with E-state index >= 15 is 0 Å². The summed E-state index contributed by atoms with van der Waals surface area (Å²) in [6.45, 7) is 5.34. The molecule has 2 N–H and O–H groups in total. The number of nitrogens with one attached hydrogen (secondary N) is 2. The molecule has 4 nitrogen and oxygen atoms in total. The van der Waals surface area contributed by atoms with Crippen LogP contribution in [0, 0.1) is 5.92 Å². The molecule has 0 aliphatic carbocycles. The standard InChI is InChI=1S/C15H22ClN3O/c1-5-9(2)8-19(4)13-7-12-10(6-11(13)16)14(17-3)15(20)18-12/h6-7,9,14,17H,5,8H2,1-4H3,(H,18,20). The third kappa shape index (κ3) is 2.76. The molecule has 110 valence electrons. The molecule has 1 aliphatic heterocycles. The highest BCUT2D eigenvalue weighted by Crippen LogP contribution is 2.38. The predicted octanol–water partition coefficient (Wildman–Crippen LogP) is 3.03. The lowest BCUT2D eigenvalue weighted by atomic mass is 10.1. The van der Waals surface area contributed by atoms with Crippen molar-refractivity contribution in [1.29, 1.82) is 0 Å². The molecule has 0 spiro atoms. The van der Waals surface area contributed by atoms with Crippen LogP contribution in [0.15, 0.2) is 12.1 Å². The van der Waals surface area contributed by atoms with Crippen LogP contribution in [0.5, 0.6) is 0 Å². The van der Waals surface area contributed by atoms with Crippen molar-refractivity contribution in [1.82, 2.24) is 5.32 Å². The van der Waals surface area contributed by atoms with E-state index < -0.39 is 0 Å². The van der Waals surface area contributed by atoms with E-state index in [1.165, 1.54) is 0 Å². The van der Waals surface area contributed by atoms with Crippen molar-refractivity contribution in [2.45, 2.75) is 26.3 Å². The number of halogens is 1. The highest BCUT2D eigenvalue weighted by atomic mass is 35.5. The number of carbonyl (C=O) groups is 1. The molecule has 0 saturated carbocycles. The van der Waals surface area contributed by atoms with Crippen LogP contribution in [0.25, 0.3) is 0 Å². The van der Waals surface area contributed by atoms with E-state index in [9.17, 15) is 4.79 Å².